The number of nitrogens with zero attached hydrogens (tertiary/aromatic N) is 4. The van der Waals surface area contributed by atoms with Crippen molar-refractivity contribution in [1.29, 1.82) is 0 Å². The van der Waals surface area contributed by atoms with Crippen LogP contribution in [0.3, 0.4) is 0 Å². The quantitative estimate of drug-likeness (QED) is 0.306. The minimum absolute atomic E-state index is 0.0208. The molecule has 0 radical (unpaired) electrons. The van der Waals surface area contributed by atoms with Gasteiger partial charge in [0.05, 0.1) is 17.4 Å². The van der Waals surface area contributed by atoms with Gasteiger partial charge in [0.25, 0.3) is 5.91 Å². The van der Waals surface area contributed by atoms with Crippen LogP contribution < -0.4 is 5.32 Å². The molecule has 0 saturated carbocycles. The number of ketones is 1. The van der Waals surface area contributed by atoms with E-state index < -0.39 is 39.8 Å². The fourth-order valence-corrected chi connectivity index (χ4v) is 7.12. The first kappa shape index (κ1) is 29.8. The number of rotatable bonds is 11. The molecule has 1 aromatic carbocycles. The largest absolute Gasteiger partial charge is 0.382 e. The summed E-state index contributed by atoms with van der Waals surface area (Å²) in [7, 11) is -3.63. The van der Waals surface area contributed by atoms with Gasteiger partial charge in [-0.15, -0.1) is 0 Å². The number of hydrogen-bond acceptors (Lipinski definition) is 10. The van der Waals surface area contributed by atoms with E-state index in [1.165, 1.54) is 4.90 Å². The van der Waals surface area contributed by atoms with Gasteiger partial charge in [-0.1, -0.05) is 30.4 Å². The molecule has 3 aromatic rings. The summed E-state index contributed by atoms with van der Waals surface area (Å²) in [6.45, 7) is 5.88. The number of thiazole rings is 1. The lowest BCUT2D eigenvalue weighted by Gasteiger charge is -2.28. The maximum absolute atomic E-state index is 13.3. The van der Waals surface area contributed by atoms with E-state index >= 15 is 0 Å². The molecule has 0 unspecified atom stereocenters. The van der Waals surface area contributed by atoms with Gasteiger partial charge in [0, 0.05) is 37.7 Å². The standard InChI is InChI=1S/C27H35N5O6S2/c1-16(2)29-27-30-22(26(39-27)40(4,37)38)20-7-5-13-31(20)25(36)24(35)23(34)21(33)15-17(3)18-8-10-19(11-9-18)32-14-6-12-28-32/h6,8-12,14,16-17,20,23-24,34-35H,5,7,13,15H2,1-4H3,(H,29,30)/t17-,20+,23-,24+/m0/s1. The molecule has 0 bridgehead atoms. The smallest absolute Gasteiger partial charge is 0.255 e. The van der Waals surface area contributed by atoms with Crippen molar-refractivity contribution in [3.8, 4) is 5.69 Å². The van der Waals surface area contributed by atoms with E-state index in [0.717, 1.165) is 28.8 Å². The third-order valence-electron chi connectivity index (χ3n) is 6.84. The monoisotopic (exact) mass is 589 g/mol. The molecule has 13 heteroatoms. The van der Waals surface area contributed by atoms with E-state index in [2.05, 4.69) is 15.4 Å². The number of nitrogens with one attached hydrogen (secondary N) is 1. The molecule has 1 saturated heterocycles. The fraction of sp³-hybridized carbons (Fsp3) is 0.481. The Kier molecular flexibility index (Phi) is 9.08. The van der Waals surface area contributed by atoms with Crippen LogP contribution in [0.4, 0.5) is 5.13 Å². The Morgan fingerprint density at radius 3 is 2.45 bits per heavy atom. The maximum atomic E-state index is 13.3. The second kappa shape index (κ2) is 12.2. The number of aliphatic hydroxyl groups excluding tert-OH is 2. The number of benzene rings is 1. The molecule has 4 rings (SSSR count). The number of carbonyl (C=O) groups excluding carboxylic acids is 2. The van der Waals surface area contributed by atoms with E-state index in [9.17, 15) is 28.2 Å². The number of aromatic nitrogens is 3. The second-order valence-electron chi connectivity index (χ2n) is 10.5. The number of likely N-dealkylation sites (tertiary alicyclic amines) is 1. The fourth-order valence-electron chi connectivity index (χ4n) is 4.82. The molecule has 2 aromatic heterocycles. The van der Waals surface area contributed by atoms with Gasteiger partial charge in [-0.05, 0) is 56.4 Å². The number of hydrogen-bond donors (Lipinski definition) is 3. The summed E-state index contributed by atoms with van der Waals surface area (Å²) in [5, 5.41) is 29.1. The Balaban J connectivity index is 1.45. The molecule has 1 aliphatic rings. The van der Waals surface area contributed by atoms with Crippen molar-refractivity contribution in [3.63, 3.8) is 0 Å². The first-order chi connectivity index (χ1) is 18.9. The van der Waals surface area contributed by atoms with Gasteiger partial charge in [-0.3, -0.25) is 9.59 Å². The molecule has 3 heterocycles. The predicted molar refractivity (Wildman–Crippen MR) is 151 cm³/mol. The van der Waals surface area contributed by atoms with Gasteiger partial charge in [0.1, 0.15) is 10.3 Å². The minimum Gasteiger partial charge on any atom is -0.382 e. The van der Waals surface area contributed by atoms with Gasteiger partial charge >= 0.3 is 0 Å². The molecular formula is C27H35N5O6S2. The van der Waals surface area contributed by atoms with Crippen LogP contribution in [0, 0.1) is 0 Å². The van der Waals surface area contributed by atoms with Crippen molar-refractivity contribution in [2.75, 3.05) is 18.1 Å². The van der Waals surface area contributed by atoms with E-state index in [1.54, 1.807) is 10.9 Å². The van der Waals surface area contributed by atoms with Crippen LogP contribution in [0.2, 0.25) is 0 Å². The maximum Gasteiger partial charge on any atom is 0.255 e. The SMILES string of the molecule is CC(C)Nc1nc([C@H]2CCCN2C(=O)[C@H](O)[C@@H](O)C(=O)C[C@H](C)c2ccc(-n3cccn3)cc2)c(S(C)(=O)=O)s1. The molecule has 40 heavy (non-hydrogen) atoms. The summed E-state index contributed by atoms with van der Waals surface area (Å²) >= 11 is 1.00. The molecule has 0 aliphatic carbocycles. The molecule has 3 N–H and O–H groups in total. The predicted octanol–water partition coefficient (Wildman–Crippen LogP) is 2.70. The Morgan fingerprint density at radius 2 is 1.85 bits per heavy atom. The van der Waals surface area contributed by atoms with Crippen LogP contribution in [-0.2, 0) is 19.4 Å². The van der Waals surface area contributed by atoms with Crippen molar-refractivity contribution in [2.45, 2.75) is 74.5 Å². The minimum atomic E-state index is -3.63. The highest BCUT2D eigenvalue weighted by Crippen LogP contribution is 2.40. The summed E-state index contributed by atoms with van der Waals surface area (Å²) in [5.41, 5.74) is 1.96. The molecule has 1 amide bonds. The summed E-state index contributed by atoms with van der Waals surface area (Å²) in [6.07, 6.45) is 1.63. The van der Waals surface area contributed by atoms with Gasteiger partial charge < -0.3 is 20.4 Å². The highest BCUT2D eigenvalue weighted by Gasteiger charge is 2.41. The summed E-state index contributed by atoms with van der Waals surface area (Å²) in [5.74, 6) is -1.76. The van der Waals surface area contributed by atoms with Crippen LogP contribution >= 0.6 is 11.3 Å². The summed E-state index contributed by atoms with van der Waals surface area (Å²) < 4.78 is 26.8. The van der Waals surface area contributed by atoms with Crippen molar-refractivity contribution in [1.82, 2.24) is 19.7 Å². The highest BCUT2D eigenvalue weighted by atomic mass is 32.2. The average molecular weight is 590 g/mol. The Hall–Kier alpha value is -3.13. The lowest BCUT2D eigenvalue weighted by molar-refractivity contribution is -0.153. The van der Waals surface area contributed by atoms with Crippen LogP contribution in [0.25, 0.3) is 5.69 Å². The average Bonchev–Trinajstić information content (AvgIpc) is 3.67. The van der Waals surface area contributed by atoms with E-state index in [-0.39, 0.29) is 34.8 Å². The molecule has 1 aliphatic heterocycles. The number of Topliss-reactive ketones (excluding diaryl/α,β-unsaturated/α-hetero) is 1. The zero-order valence-corrected chi connectivity index (χ0v) is 24.5. The number of amides is 1. The van der Waals surface area contributed by atoms with E-state index in [0.29, 0.717) is 18.0 Å². The number of aliphatic hydroxyl groups is 2. The summed E-state index contributed by atoms with van der Waals surface area (Å²) in [4.78, 5) is 32.0. The van der Waals surface area contributed by atoms with Gasteiger partial charge in [0.15, 0.2) is 26.9 Å². The highest BCUT2D eigenvalue weighted by molar-refractivity contribution is 7.92. The van der Waals surface area contributed by atoms with Crippen LogP contribution in [-0.4, -0.2) is 81.0 Å². The molecular weight excluding hydrogens is 554 g/mol. The lowest BCUT2D eigenvalue weighted by atomic mass is 9.92. The molecule has 0 spiro atoms. The van der Waals surface area contributed by atoms with Gasteiger partial charge in [-0.2, -0.15) is 5.10 Å². The van der Waals surface area contributed by atoms with Crippen LogP contribution in [0.1, 0.15) is 63.3 Å². The Bertz CT molecular complexity index is 1440. The normalized spacial score (nSPS) is 18.1. The summed E-state index contributed by atoms with van der Waals surface area (Å²) in [6, 6.07) is 8.62. The van der Waals surface area contributed by atoms with Crippen LogP contribution in [0.5, 0.6) is 0 Å². The van der Waals surface area contributed by atoms with E-state index in [4.69, 9.17) is 0 Å². The zero-order chi connectivity index (χ0) is 29.2. The third-order valence-corrected chi connectivity index (χ3v) is 9.68. The molecule has 11 nitrogen and oxygen atoms in total. The molecule has 4 atom stereocenters. The number of sulfone groups is 1. The first-order valence-electron chi connectivity index (χ1n) is 13.1. The molecule has 1 fully saturated rings. The number of carbonyl (C=O) groups is 2. The van der Waals surface area contributed by atoms with Crippen molar-refractivity contribution >= 4 is 38.0 Å². The first-order valence-corrected chi connectivity index (χ1v) is 15.8. The Labute approximate surface area is 237 Å². The topological polar surface area (TPSA) is 155 Å². The lowest BCUT2D eigenvalue weighted by Crippen LogP contribution is -2.47. The second-order valence-corrected chi connectivity index (χ2v) is 13.7. The van der Waals surface area contributed by atoms with E-state index in [1.807, 2.05) is 57.3 Å². The zero-order valence-electron chi connectivity index (χ0n) is 22.9. The van der Waals surface area contributed by atoms with Crippen molar-refractivity contribution in [3.05, 3.63) is 54.0 Å². The third kappa shape index (κ3) is 6.60. The molecule has 216 valence electrons. The van der Waals surface area contributed by atoms with Crippen molar-refractivity contribution < 1.29 is 28.2 Å². The van der Waals surface area contributed by atoms with Crippen molar-refractivity contribution in [2.24, 2.45) is 0 Å². The van der Waals surface area contributed by atoms with Gasteiger partial charge in [-0.25, -0.2) is 18.1 Å². The van der Waals surface area contributed by atoms with Crippen LogP contribution in [0.15, 0.2) is 46.9 Å². The van der Waals surface area contributed by atoms with Gasteiger partial charge in [0.2, 0.25) is 0 Å². The number of anilines is 1. The Morgan fingerprint density at radius 1 is 1.15 bits per heavy atom.